The van der Waals surface area contributed by atoms with Gasteiger partial charge in [-0.15, -0.1) is 0 Å². The third-order valence-corrected chi connectivity index (χ3v) is 1.89. The van der Waals surface area contributed by atoms with Crippen LogP contribution in [0, 0.1) is 11.8 Å². The Kier molecular flexibility index (Phi) is 4.39. The fourth-order valence-electron chi connectivity index (χ4n) is 1.17. The number of hydrogen-bond donors (Lipinski definition) is 2. The van der Waals surface area contributed by atoms with Gasteiger partial charge in [-0.25, -0.2) is 4.79 Å². The van der Waals surface area contributed by atoms with Gasteiger partial charge in [-0.3, -0.25) is 0 Å². The molecule has 0 amide bonds. The molecule has 1 atom stereocenters. The van der Waals surface area contributed by atoms with Crippen molar-refractivity contribution in [1.29, 1.82) is 0 Å². The van der Waals surface area contributed by atoms with Gasteiger partial charge in [-0.2, -0.15) is 0 Å². The average molecular weight is 204 g/mol. The van der Waals surface area contributed by atoms with E-state index in [0.29, 0.717) is 12.8 Å². The lowest BCUT2D eigenvalue weighted by molar-refractivity contribution is -0.130. The van der Waals surface area contributed by atoms with Crippen LogP contribution in [0.4, 0.5) is 0 Å². The number of aliphatic carboxylic acids is 1. The number of hydrogen-bond acceptors (Lipinski definition) is 2. The highest BCUT2D eigenvalue weighted by molar-refractivity contribution is 5.86. The zero-order valence-electron chi connectivity index (χ0n) is 8.18. The zero-order valence-corrected chi connectivity index (χ0v) is 8.18. The van der Waals surface area contributed by atoms with Crippen LogP contribution in [0.2, 0.25) is 0 Å². The predicted octanol–water partition coefficient (Wildman–Crippen LogP) is 1.07. The average Bonchev–Trinajstić information content (AvgIpc) is 2.25. The van der Waals surface area contributed by atoms with Crippen LogP contribution in [-0.4, -0.2) is 22.3 Å². The lowest BCUT2D eigenvalue weighted by Gasteiger charge is -2.02. The number of carboxylic acids is 1. The maximum atomic E-state index is 10.1. The Hall–Kier alpha value is -1.79. The van der Waals surface area contributed by atoms with Crippen LogP contribution >= 0.6 is 0 Å². The summed E-state index contributed by atoms with van der Waals surface area (Å²) in [5, 5.41) is 17.6. The third kappa shape index (κ3) is 4.84. The van der Waals surface area contributed by atoms with Crippen LogP contribution < -0.4 is 0 Å². The van der Waals surface area contributed by atoms with Gasteiger partial charge in [0.25, 0.3) is 0 Å². The van der Waals surface area contributed by atoms with Crippen LogP contribution in [0.25, 0.3) is 0 Å². The van der Waals surface area contributed by atoms with Gasteiger partial charge in [-0.05, 0) is 18.4 Å². The Morgan fingerprint density at radius 2 is 2.00 bits per heavy atom. The summed E-state index contributed by atoms with van der Waals surface area (Å²) < 4.78 is 0. The molecule has 0 aliphatic heterocycles. The minimum atomic E-state index is -1.21. The van der Waals surface area contributed by atoms with Gasteiger partial charge in [0.05, 0.1) is 0 Å². The van der Waals surface area contributed by atoms with Crippen LogP contribution in [0.5, 0.6) is 0 Å². The number of benzene rings is 1. The highest BCUT2D eigenvalue weighted by atomic mass is 16.4. The molecule has 78 valence electrons. The molecule has 0 radical (unpaired) electrons. The van der Waals surface area contributed by atoms with Crippen molar-refractivity contribution in [1.82, 2.24) is 0 Å². The van der Waals surface area contributed by atoms with Gasteiger partial charge in [0.2, 0.25) is 0 Å². The van der Waals surface area contributed by atoms with E-state index in [1.165, 1.54) is 0 Å². The van der Waals surface area contributed by atoms with E-state index in [2.05, 4.69) is 5.92 Å². The SMILES string of the molecule is O=C(O)C#CC(O)CCc1ccccc1. The van der Waals surface area contributed by atoms with E-state index in [0.717, 1.165) is 5.56 Å². The van der Waals surface area contributed by atoms with Crippen LogP contribution in [0.3, 0.4) is 0 Å². The van der Waals surface area contributed by atoms with Gasteiger partial charge in [0, 0.05) is 5.92 Å². The molecule has 0 aromatic heterocycles. The number of aryl methyl sites for hydroxylation is 1. The molecule has 3 nitrogen and oxygen atoms in total. The molecule has 15 heavy (non-hydrogen) atoms. The molecule has 2 N–H and O–H groups in total. The first-order chi connectivity index (χ1) is 7.18. The molecule has 0 saturated heterocycles. The van der Waals surface area contributed by atoms with Gasteiger partial charge in [0.1, 0.15) is 6.10 Å². The number of rotatable bonds is 3. The van der Waals surface area contributed by atoms with E-state index >= 15 is 0 Å². The number of aliphatic hydroxyl groups excluding tert-OH is 1. The van der Waals surface area contributed by atoms with Crippen molar-refractivity contribution in [2.45, 2.75) is 18.9 Å². The monoisotopic (exact) mass is 204 g/mol. The van der Waals surface area contributed by atoms with Crippen LogP contribution in [0.15, 0.2) is 30.3 Å². The lowest BCUT2D eigenvalue weighted by Crippen LogP contribution is -2.05. The maximum Gasteiger partial charge on any atom is 0.381 e. The van der Waals surface area contributed by atoms with Crippen molar-refractivity contribution >= 4 is 5.97 Å². The Morgan fingerprint density at radius 3 is 2.60 bits per heavy atom. The second-order valence-electron chi connectivity index (χ2n) is 3.11. The van der Waals surface area contributed by atoms with E-state index in [9.17, 15) is 9.90 Å². The molecule has 0 bridgehead atoms. The van der Waals surface area contributed by atoms with Crippen LogP contribution in [-0.2, 0) is 11.2 Å². The minimum Gasteiger partial charge on any atom is -0.472 e. The normalized spacial score (nSPS) is 11.3. The van der Waals surface area contributed by atoms with Crippen molar-refractivity contribution in [3.05, 3.63) is 35.9 Å². The summed E-state index contributed by atoms with van der Waals surface area (Å²) in [6.07, 6.45) is 0.266. The lowest BCUT2D eigenvalue weighted by atomic mass is 10.1. The van der Waals surface area contributed by atoms with Gasteiger partial charge >= 0.3 is 5.97 Å². The summed E-state index contributed by atoms with van der Waals surface area (Å²) in [5.74, 6) is 2.94. The molecule has 0 heterocycles. The molecular weight excluding hydrogens is 192 g/mol. The largest absolute Gasteiger partial charge is 0.472 e. The molecule has 1 unspecified atom stereocenters. The second-order valence-corrected chi connectivity index (χ2v) is 3.11. The predicted molar refractivity (Wildman–Crippen MR) is 56.2 cm³/mol. The van der Waals surface area contributed by atoms with E-state index in [4.69, 9.17) is 5.11 Å². The minimum absolute atomic E-state index is 0.449. The molecule has 0 aliphatic carbocycles. The van der Waals surface area contributed by atoms with Crippen molar-refractivity contribution in [2.24, 2.45) is 0 Å². The fourth-order valence-corrected chi connectivity index (χ4v) is 1.17. The molecule has 0 aliphatic rings. The molecule has 0 fully saturated rings. The summed E-state index contributed by atoms with van der Waals surface area (Å²) in [4.78, 5) is 10.1. The van der Waals surface area contributed by atoms with E-state index in [1.807, 2.05) is 36.3 Å². The van der Waals surface area contributed by atoms with Gasteiger partial charge in [-0.1, -0.05) is 36.3 Å². The topological polar surface area (TPSA) is 57.5 Å². The molecule has 1 aromatic rings. The van der Waals surface area contributed by atoms with E-state index in [-0.39, 0.29) is 0 Å². The van der Waals surface area contributed by atoms with Gasteiger partial charge in [0.15, 0.2) is 0 Å². The first-order valence-electron chi connectivity index (χ1n) is 4.65. The van der Waals surface area contributed by atoms with Crippen molar-refractivity contribution in [3.8, 4) is 11.8 Å². The summed E-state index contributed by atoms with van der Waals surface area (Å²) in [7, 11) is 0. The van der Waals surface area contributed by atoms with Crippen molar-refractivity contribution in [2.75, 3.05) is 0 Å². The Labute approximate surface area is 88.4 Å². The summed E-state index contributed by atoms with van der Waals surface area (Å²) in [5.41, 5.74) is 1.11. The molecule has 0 saturated carbocycles. The zero-order chi connectivity index (χ0) is 11.1. The van der Waals surface area contributed by atoms with Crippen molar-refractivity contribution < 1.29 is 15.0 Å². The first-order valence-corrected chi connectivity index (χ1v) is 4.65. The first kappa shape index (κ1) is 11.3. The number of aliphatic hydroxyl groups is 1. The summed E-state index contributed by atoms with van der Waals surface area (Å²) in [6, 6.07) is 9.67. The van der Waals surface area contributed by atoms with Gasteiger partial charge < -0.3 is 10.2 Å². The van der Waals surface area contributed by atoms with E-state index < -0.39 is 12.1 Å². The third-order valence-electron chi connectivity index (χ3n) is 1.89. The van der Waals surface area contributed by atoms with E-state index in [1.54, 1.807) is 0 Å². The maximum absolute atomic E-state index is 10.1. The quantitative estimate of drug-likeness (QED) is 0.724. The summed E-state index contributed by atoms with van der Waals surface area (Å²) in [6.45, 7) is 0. The number of carbonyl (C=O) groups is 1. The number of carboxylic acid groups (broad SMARTS) is 1. The molecule has 1 aromatic carbocycles. The second kappa shape index (κ2) is 5.84. The molecular formula is C12H12O3. The highest BCUT2D eigenvalue weighted by Crippen LogP contribution is 2.04. The standard InChI is InChI=1S/C12H12O3/c13-11(8-9-12(14)15)7-6-10-4-2-1-3-5-10/h1-5,11,13H,6-7H2,(H,14,15). The molecule has 3 heteroatoms. The molecule has 1 rings (SSSR count). The van der Waals surface area contributed by atoms with Crippen molar-refractivity contribution in [3.63, 3.8) is 0 Å². The smallest absolute Gasteiger partial charge is 0.381 e. The highest BCUT2D eigenvalue weighted by Gasteiger charge is 2.00. The molecule has 0 spiro atoms. The Bertz CT molecular complexity index is 373. The van der Waals surface area contributed by atoms with Crippen LogP contribution in [0.1, 0.15) is 12.0 Å². The Balaban J connectivity index is 2.39. The summed E-state index contributed by atoms with van der Waals surface area (Å²) >= 11 is 0. The fraction of sp³-hybridized carbons (Fsp3) is 0.250. The Morgan fingerprint density at radius 1 is 1.33 bits per heavy atom.